The monoisotopic (exact) mass is 415 g/mol. The van der Waals surface area contributed by atoms with Crippen molar-refractivity contribution in [2.75, 3.05) is 0 Å². The highest BCUT2D eigenvalue weighted by molar-refractivity contribution is 5.83. The Balaban J connectivity index is 1.61. The van der Waals surface area contributed by atoms with Gasteiger partial charge < -0.3 is 9.57 Å². The third kappa shape index (κ3) is 4.35. The fraction of sp³-hybridized carbons (Fsp3) is 0.105. The van der Waals surface area contributed by atoms with E-state index in [2.05, 4.69) is 25.0 Å². The zero-order valence-corrected chi connectivity index (χ0v) is 15.1. The summed E-state index contributed by atoms with van der Waals surface area (Å²) < 4.78 is 40.8. The van der Waals surface area contributed by atoms with E-state index in [4.69, 9.17) is 4.84 Å². The molecule has 0 spiro atoms. The van der Waals surface area contributed by atoms with Crippen LogP contribution in [0.1, 0.15) is 5.82 Å². The number of alkyl halides is 3. The number of ether oxygens (including phenoxy) is 1. The number of benzene rings is 2. The lowest BCUT2D eigenvalue weighted by Gasteiger charge is -2.10. The summed E-state index contributed by atoms with van der Waals surface area (Å²) in [5, 5.41) is 7.90. The van der Waals surface area contributed by atoms with Gasteiger partial charge in [0, 0.05) is 12.4 Å². The second-order valence-electron chi connectivity index (χ2n) is 6.01. The van der Waals surface area contributed by atoms with Crippen molar-refractivity contribution in [2.45, 2.75) is 13.0 Å². The van der Waals surface area contributed by atoms with Crippen molar-refractivity contribution in [3.05, 3.63) is 77.1 Å². The van der Waals surface area contributed by atoms with E-state index in [1.165, 1.54) is 36.7 Å². The highest BCUT2D eigenvalue weighted by atomic mass is 19.4. The maximum atomic E-state index is 12.7. The van der Waals surface area contributed by atoms with Gasteiger partial charge in [0.1, 0.15) is 11.3 Å². The van der Waals surface area contributed by atoms with Crippen molar-refractivity contribution in [3.63, 3.8) is 0 Å². The minimum absolute atomic E-state index is 0.0821. The van der Waals surface area contributed by atoms with Crippen LogP contribution in [0.2, 0.25) is 0 Å². The maximum absolute atomic E-state index is 12.7. The van der Waals surface area contributed by atoms with Gasteiger partial charge in [-0.15, -0.1) is 18.3 Å². The third-order valence-corrected chi connectivity index (χ3v) is 3.99. The van der Waals surface area contributed by atoms with E-state index in [0.717, 1.165) is 4.85 Å². The number of aromatic nitrogens is 5. The van der Waals surface area contributed by atoms with E-state index < -0.39 is 11.9 Å². The Bertz CT molecular complexity index is 1230. The fourth-order valence-corrected chi connectivity index (χ4v) is 2.66. The number of fused-ring (bicyclic) bond motifs is 1. The molecule has 30 heavy (non-hydrogen) atoms. The Morgan fingerprint density at radius 1 is 0.967 bits per heavy atom. The molecule has 4 rings (SSSR count). The van der Waals surface area contributed by atoms with E-state index >= 15 is 0 Å². The second kappa shape index (κ2) is 7.78. The largest absolute Gasteiger partial charge is 0.573 e. The van der Waals surface area contributed by atoms with Gasteiger partial charge >= 0.3 is 11.9 Å². The molecule has 11 heteroatoms. The van der Waals surface area contributed by atoms with Crippen LogP contribution in [-0.4, -0.2) is 31.5 Å². The minimum Gasteiger partial charge on any atom is -0.406 e. The third-order valence-electron chi connectivity index (χ3n) is 3.99. The summed E-state index contributed by atoms with van der Waals surface area (Å²) in [7, 11) is 0. The molecular weight excluding hydrogens is 403 g/mol. The minimum atomic E-state index is -4.76. The van der Waals surface area contributed by atoms with Crippen molar-refractivity contribution in [1.82, 2.24) is 25.1 Å². The summed E-state index contributed by atoms with van der Waals surface area (Å²) in [6.45, 7) is -0.0821. The molecule has 0 aliphatic heterocycles. The van der Waals surface area contributed by atoms with Gasteiger partial charge in [-0.1, -0.05) is 18.2 Å². The van der Waals surface area contributed by atoms with Crippen molar-refractivity contribution >= 4 is 10.9 Å². The van der Waals surface area contributed by atoms with E-state index in [0.29, 0.717) is 22.5 Å². The Morgan fingerprint density at radius 3 is 2.37 bits per heavy atom. The standard InChI is InChI=1S/C19H12F3N5O3/c20-19(21,22)30-14-5-2-12(3-6-14)13-4-7-16-15(10-13)18(28)27(26-25-16)29-11-17-23-8-1-9-24-17/h1-10H,11H2. The van der Waals surface area contributed by atoms with Crippen LogP contribution in [0.5, 0.6) is 5.75 Å². The molecule has 0 atom stereocenters. The summed E-state index contributed by atoms with van der Waals surface area (Å²) in [5.74, 6) is 0.0259. The Morgan fingerprint density at radius 2 is 1.67 bits per heavy atom. The van der Waals surface area contributed by atoms with Crippen LogP contribution in [0.25, 0.3) is 22.0 Å². The molecule has 4 aromatic rings. The molecule has 0 bridgehead atoms. The van der Waals surface area contributed by atoms with Crippen molar-refractivity contribution in [1.29, 1.82) is 0 Å². The number of halogens is 3. The first-order valence-corrected chi connectivity index (χ1v) is 8.54. The molecule has 8 nitrogen and oxygen atoms in total. The van der Waals surface area contributed by atoms with Gasteiger partial charge in [-0.3, -0.25) is 4.79 Å². The van der Waals surface area contributed by atoms with Crippen LogP contribution in [-0.2, 0) is 6.61 Å². The van der Waals surface area contributed by atoms with Crippen LogP contribution >= 0.6 is 0 Å². The van der Waals surface area contributed by atoms with Crippen LogP contribution in [0.3, 0.4) is 0 Å². The Hall–Kier alpha value is -4.02. The van der Waals surface area contributed by atoms with Crippen LogP contribution < -0.4 is 15.1 Å². The van der Waals surface area contributed by atoms with Crippen LogP contribution in [0.4, 0.5) is 13.2 Å². The molecule has 152 valence electrons. The van der Waals surface area contributed by atoms with Crippen molar-refractivity contribution in [3.8, 4) is 16.9 Å². The van der Waals surface area contributed by atoms with Gasteiger partial charge in [0.25, 0.3) is 0 Å². The van der Waals surface area contributed by atoms with E-state index in [1.807, 2.05) is 0 Å². The van der Waals surface area contributed by atoms with Gasteiger partial charge in [0.2, 0.25) is 0 Å². The maximum Gasteiger partial charge on any atom is 0.573 e. The molecule has 0 aliphatic rings. The molecule has 0 fully saturated rings. The smallest absolute Gasteiger partial charge is 0.406 e. The predicted octanol–water partition coefficient (Wildman–Crippen LogP) is 2.78. The van der Waals surface area contributed by atoms with Crippen LogP contribution in [0, 0.1) is 0 Å². The first kappa shape index (κ1) is 19.3. The predicted molar refractivity (Wildman–Crippen MR) is 98.2 cm³/mol. The topological polar surface area (TPSA) is 92.0 Å². The second-order valence-corrected chi connectivity index (χ2v) is 6.01. The number of rotatable bonds is 5. The average molecular weight is 415 g/mol. The normalized spacial score (nSPS) is 11.4. The molecular formula is C19H12F3N5O3. The lowest BCUT2D eigenvalue weighted by molar-refractivity contribution is -0.274. The average Bonchev–Trinajstić information content (AvgIpc) is 2.73. The SMILES string of the molecule is O=c1c2cc(-c3ccc(OC(F)(F)F)cc3)ccc2nnn1OCc1ncccn1. The first-order chi connectivity index (χ1) is 14.4. The lowest BCUT2D eigenvalue weighted by Crippen LogP contribution is -2.30. The molecule has 2 heterocycles. The highest BCUT2D eigenvalue weighted by Gasteiger charge is 2.30. The molecule has 0 aliphatic carbocycles. The van der Waals surface area contributed by atoms with Gasteiger partial charge in [-0.2, -0.15) is 0 Å². The molecule has 0 radical (unpaired) electrons. The quantitative estimate of drug-likeness (QED) is 0.495. The number of nitrogens with zero attached hydrogens (tertiary/aromatic N) is 5. The van der Waals surface area contributed by atoms with Crippen molar-refractivity contribution in [2.24, 2.45) is 0 Å². The molecule has 0 N–H and O–H groups in total. The van der Waals surface area contributed by atoms with Gasteiger partial charge in [-0.25, -0.2) is 9.97 Å². The van der Waals surface area contributed by atoms with E-state index in [-0.39, 0.29) is 17.7 Å². The van der Waals surface area contributed by atoms with Gasteiger partial charge in [-0.05, 0) is 51.5 Å². The highest BCUT2D eigenvalue weighted by Crippen LogP contribution is 2.27. The summed E-state index contributed by atoms with van der Waals surface area (Å²) >= 11 is 0. The zero-order valence-electron chi connectivity index (χ0n) is 15.1. The molecule has 2 aromatic heterocycles. The van der Waals surface area contributed by atoms with E-state index in [1.54, 1.807) is 24.3 Å². The molecule has 0 saturated heterocycles. The summed E-state index contributed by atoms with van der Waals surface area (Å²) in [4.78, 5) is 26.7. The lowest BCUT2D eigenvalue weighted by atomic mass is 10.0. The summed E-state index contributed by atoms with van der Waals surface area (Å²) in [6, 6.07) is 11.8. The summed E-state index contributed by atoms with van der Waals surface area (Å²) in [5.41, 5.74) is 0.989. The first-order valence-electron chi connectivity index (χ1n) is 8.54. The molecule has 0 saturated carbocycles. The van der Waals surface area contributed by atoms with Gasteiger partial charge in [0.15, 0.2) is 12.4 Å². The molecule has 0 unspecified atom stereocenters. The van der Waals surface area contributed by atoms with Gasteiger partial charge in [0.05, 0.1) is 5.39 Å². The fourth-order valence-electron chi connectivity index (χ4n) is 2.66. The zero-order chi connectivity index (χ0) is 21.1. The van der Waals surface area contributed by atoms with Crippen LogP contribution in [0.15, 0.2) is 65.7 Å². The summed E-state index contributed by atoms with van der Waals surface area (Å²) in [6.07, 6.45) is -1.69. The van der Waals surface area contributed by atoms with E-state index in [9.17, 15) is 18.0 Å². The molecule has 2 aromatic carbocycles. The Kier molecular flexibility index (Phi) is 5.00. The Labute approximate surface area is 166 Å². The van der Waals surface area contributed by atoms with Crippen molar-refractivity contribution < 1.29 is 22.7 Å². The number of hydrogen-bond donors (Lipinski definition) is 0. The molecule has 0 amide bonds. The number of hydrogen-bond acceptors (Lipinski definition) is 7.